The molecule has 490 valence electrons. The fourth-order valence-electron chi connectivity index (χ4n) is 13.4. The highest BCUT2D eigenvalue weighted by atomic mass is 14.5. The molecule has 0 aliphatic heterocycles. The molecule has 20 rings (SSSR count). The Morgan fingerprint density at radius 2 is 0.505 bits per heavy atom. The zero-order chi connectivity index (χ0) is 63.0. The van der Waals surface area contributed by atoms with E-state index < -0.39 is 0 Å². The summed E-state index contributed by atoms with van der Waals surface area (Å²) < 4.78 is 0. The summed E-state index contributed by atoms with van der Waals surface area (Å²) in [4.78, 5) is 0. The van der Waals surface area contributed by atoms with E-state index in [0.29, 0.717) is 0 Å². The van der Waals surface area contributed by atoms with E-state index in [9.17, 15) is 0 Å². The molecule has 0 nitrogen and oxygen atoms in total. The highest BCUT2D eigenvalue weighted by Gasteiger charge is 2.41. The minimum atomic E-state index is 1.12. The third-order valence-electron chi connectivity index (χ3n) is 18.9. The van der Waals surface area contributed by atoms with E-state index in [-0.39, 0.29) is 0 Å². The number of hydrogen-bond donors (Lipinski definition) is 0. The van der Waals surface area contributed by atoms with Gasteiger partial charge in [0.25, 0.3) is 0 Å². The van der Waals surface area contributed by atoms with Gasteiger partial charge in [0, 0.05) is 0 Å². The number of allylic oxidation sites excluding steroid dienone is 17. The Kier molecular flexibility index (Phi) is 42.7. The van der Waals surface area contributed by atoms with Gasteiger partial charge in [-0.25, -0.2) is 0 Å². The Hall–Kier alpha value is -5.98. The van der Waals surface area contributed by atoms with Crippen molar-refractivity contribution < 1.29 is 0 Å². The topological polar surface area (TPSA) is 0 Å². The molecule has 0 saturated heterocycles. The molecule has 15 aliphatic carbocycles. The molecule has 5 aromatic carbocycles. The first kappa shape index (κ1) is 74.1. The SMILES string of the molecule is C1=CCC=C1.C1=CCC=CC1.C1=CCCC1.C1=CCCC=C1.C1=CCCCC1.C1=Cc2ccccc2C1.C1C2CC3CC1CC(C2)C3.C1CC1.C1CCC1.C1CCCC1.C1CCCCC1.c1ccc2c(c1)CCCC2.c1ccc2ccccc2c1.c1ccccc1. The van der Waals surface area contributed by atoms with Gasteiger partial charge >= 0.3 is 0 Å². The predicted molar refractivity (Wildman–Crippen MR) is 406 cm³/mol. The first-order valence-electron chi connectivity index (χ1n) is 37.8. The van der Waals surface area contributed by atoms with Crippen LogP contribution < -0.4 is 0 Å². The molecule has 0 radical (unpaired) electrons. The normalized spacial score (nSPS) is 21.8. The minimum Gasteiger partial charge on any atom is -0.0885 e. The van der Waals surface area contributed by atoms with Gasteiger partial charge in [-0.3, -0.25) is 0 Å². The van der Waals surface area contributed by atoms with Crippen LogP contribution in [-0.4, -0.2) is 0 Å². The Balaban J connectivity index is 0.000000158. The van der Waals surface area contributed by atoms with Crippen LogP contribution in [0.25, 0.3) is 16.8 Å². The van der Waals surface area contributed by atoms with Crippen LogP contribution in [0.3, 0.4) is 0 Å². The Morgan fingerprint density at radius 3 is 0.769 bits per heavy atom. The van der Waals surface area contributed by atoms with Crippen LogP contribution >= 0.6 is 0 Å². The molecule has 0 heteroatoms. The van der Waals surface area contributed by atoms with Crippen molar-refractivity contribution >= 4 is 16.8 Å². The fraction of sp³-hybridized carbons (Fsp3) is 0.495. The summed E-state index contributed by atoms with van der Waals surface area (Å²) in [7, 11) is 0. The van der Waals surface area contributed by atoms with Crippen molar-refractivity contribution in [2.24, 2.45) is 23.7 Å². The van der Waals surface area contributed by atoms with E-state index in [1.54, 1.807) is 49.7 Å². The third-order valence-corrected chi connectivity index (χ3v) is 18.9. The van der Waals surface area contributed by atoms with Gasteiger partial charge < -0.3 is 0 Å². The summed E-state index contributed by atoms with van der Waals surface area (Å²) >= 11 is 0. The van der Waals surface area contributed by atoms with E-state index in [0.717, 1.165) is 25.7 Å². The summed E-state index contributed by atoms with van der Waals surface area (Å²) in [6.45, 7) is 0. The van der Waals surface area contributed by atoms with Crippen molar-refractivity contribution in [3.8, 4) is 0 Å². The first-order chi connectivity index (χ1) is 45.3. The minimum absolute atomic E-state index is 1.12. The van der Waals surface area contributed by atoms with E-state index in [1.165, 1.54) is 245 Å². The molecule has 0 heterocycles. The van der Waals surface area contributed by atoms with E-state index >= 15 is 0 Å². The maximum atomic E-state index is 2.27. The molecular weight excluding hydrogens is 1090 g/mol. The van der Waals surface area contributed by atoms with Crippen LogP contribution in [-0.2, 0) is 19.3 Å². The number of rotatable bonds is 0. The Labute approximate surface area is 559 Å². The second-order valence-electron chi connectivity index (χ2n) is 27.1. The second kappa shape index (κ2) is 52.5. The van der Waals surface area contributed by atoms with Crippen LogP contribution in [0, 0.1) is 23.7 Å². The average molecular weight is 1220 g/mol. The van der Waals surface area contributed by atoms with Gasteiger partial charge in [-0.05, 0) is 204 Å². The molecule has 0 N–H and O–H groups in total. The zero-order valence-electron chi connectivity index (χ0n) is 57.4. The summed E-state index contributed by atoms with van der Waals surface area (Å²) in [5, 5.41) is 2.62. The van der Waals surface area contributed by atoms with Gasteiger partial charge in [-0.1, -0.05) is 358 Å². The maximum absolute atomic E-state index is 2.27. The number of benzene rings is 5. The van der Waals surface area contributed by atoms with Gasteiger partial charge in [0.05, 0.1) is 0 Å². The molecule has 15 aliphatic rings. The standard InChI is InChI=1S/C10H16.C10H12.C10H8.C9H8.C6H12.C6H10.2C6H8.C6H6.C5H10.C5H8.C5H6.C4H8.C3H6/c1-7-2-9-4-8(1)5-10(3-7)6-9;2*1-2-6-10-8-4-3-7-9(10)5-1;1-2-5-9-7-3-6-8(9)4-1;5*1-2-4-6-5-3-1;3*1-2-4-5-3-1;1-2-4-3-1;1-2-3-1/h7-10H,1-6H2;1-2,5-6H,3-4,7-8H2;1-8H;1-6H,7H2;1-6H2;1-2H,3-6H2;1-2,5-6H,3-4H2;1-4H,5-6H2;1-6H;1-5H2;1-2H,3-5H2;1-4H,5H2;1-4H2;1-3H2. The molecule has 0 atom stereocenters. The smallest absolute Gasteiger partial charge is 0.00882 e. The lowest BCUT2D eigenvalue weighted by molar-refractivity contribution is 0.0198. The van der Waals surface area contributed by atoms with E-state index in [2.05, 4.69) is 206 Å². The Bertz CT molecular complexity index is 2530. The number of fused-ring (bicyclic) bond motifs is 3. The van der Waals surface area contributed by atoms with Gasteiger partial charge in [-0.15, -0.1) is 0 Å². The predicted octanol–water partition coefficient (Wildman–Crippen LogP) is 28.3. The summed E-state index contributed by atoms with van der Waals surface area (Å²) in [6.07, 6.45) is 97.5. The molecule has 4 bridgehead atoms. The molecule has 0 unspecified atom stereocenters. The van der Waals surface area contributed by atoms with Crippen molar-refractivity contribution in [1.29, 1.82) is 0 Å². The van der Waals surface area contributed by atoms with Crippen LogP contribution in [0.4, 0.5) is 0 Å². The number of aryl methyl sites for hydroxylation is 2. The third kappa shape index (κ3) is 38.6. The van der Waals surface area contributed by atoms with Crippen molar-refractivity contribution in [3.05, 3.63) is 259 Å². The van der Waals surface area contributed by atoms with Gasteiger partial charge in [-0.2, -0.15) is 0 Å². The fourth-order valence-corrected chi connectivity index (χ4v) is 13.4. The summed E-state index contributed by atoms with van der Waals surface area (Å²) in [5.74, 6) is 4.71. The van der Waals surface area contributed by atoms with Crippen LogP contribution in [0.1, 0.15) is 266 Å². The molecule has 8 saturated carbocycles. The summed E-state index contributed by atoms with van der Waals surface area (Å²) in [6, 6.07) is 46.0. The van der Waals surface area contributed by atoms with E-state index in [4.69, 9.17) is 0 Å². The molecule has 0 aromatic heterocycles. The summed E-state index contributed by atoms with van der Waals surface area (Å²) in [5.41, 5.74) is 6.00. The lowest BCUT2D eigenvalue weighted by atomic mass is 9.56. The highest BCUT2D eigenvalue weighted by Crippen LogP contribution is 2.53. The largest absolute Gasteiger partial charge is 0.0885 e. The molecule has 5 aromatic rings. The number of hydrogen-bond acceptors (Lipinski definition) is 0. The van der Waals surface area contributed by atoms with Crippen molar-refractivity contribution in [2.75, 3.05) is 0 Å². The highest BCUT2D eigenvalue weighted by molar-refractivity contribution is 5.82. The lowest BCUT2D eigenvalue weighted by Crippen LogP contribution is -2.38. The quantitative estimate of drug-likeness (QED) is 0.136. The van der Waals surface area contributed by atoms with Crippen LogP contribution in [0.5, 0.6) is 0 Å². The molecule has 0 spiro atoms. The Morgan fingerprint density at radius 1 is 0.209 bits per heavy atom. The molecular formula is C91H126. The molecule has 8 fully saturated rings. The van der Waals surface area contributed by atoms with E-state index in [1.807, 2.05) is 36.4 Å². The lowest BCUT2D eigenvalue weighted by Gasteiger charge is -2.49. The second-order valence-corrected chi connectivity index (χ2v) is 27.1. The zero-order valence-corrected chi connectivity index (χ0v) is 57.4. The monoisotopic (exact) mass is 1220 g/mol. The van der Waals surface area contributed by atoms with Crippen LogP contribution in [0.2, 0.25) is 0 Å². The van der Waals surface area contributed by atoms with Gasteiger partial charge in [0.2, 0.25) is 0 Å². The van der Waals surface area contributed by atoms with Gasteiger partial charge in [0.15, 0.2) is 0 Å². The first-order valence-corrected chi connectivity index (χ1v) is 37.8. The molecule has 0 amide bonds. The molecule has 91 heavy (non-hydrogen) atoms. The van der Waals surface area contributed by atoms with Crippen molar-refractivity contribution in [3.63, 3.8) is 0 Å². The van der Waals surface area contributed by atoms with Crippen molar-refractivity contribution in [1.82, 2.24) is 0 Å². The van der Waals surface area contributed by atoms with Gasteiger partial charge in [0.1, 0.15) is 0 Å². The van der Waals surface area contributed by atoms with Crippen molar-refractivity contribution in [2.45, 2.75) is 263 Å². The average Bonchev–Trinajstić information content (AvgIpc) is 1.95. The van der Waals surface area contributed by atoms with Crippen LogP contribution in [0.15, 0.2) is 237 Å². The maximum Gasteiger partial charge on any atom is -0.00882 e.